The summed E-state index contributed by atoms with van der Waals surface area (Å²) < 4.78 is 5.67. The molecule has 3 aliphatic rings. The summed E-state index contributed by atoms with van der Waals surface area (Å²) >= 11 is 0. The fourth-order valence-corrected chi connectivity index (χ4v) is 6.36. The van der Waals surface area contributed by atoms with Gasteiger partial charge in [0.2, 0.25) is 0 Å². The number of aromatic hydroxyl groups is 1. The number of aliphatic hydroxyl groups excluding tert-OH is 1. The van der Waals surface area contributed by atoms with Gasteiger partial charge in [0.25, 0.3) is 0 Å². The van der Waals surface area contributed by atoms with E-state index in [4.69, 9.17) is 4.74 Å². The highest BCUT2D eigenvalue weighted by atomic mass is 16.6. The normalized spacial score (nSPS) is 36.2. The molecule has 2 unspecified atom stereocenters. The van der Waals surface area contributed by atoms with E-state index in [2.05, 4.69) is 13.8 Å². The van der Waals surface area contributed by atoms with Crippen molar-refractivity contribution < 1.29 is 29.6 Å². The van der Waals surface area contributed by atoms with Crippen LogP contribution in [0.4, 0.5) is 0 Å². The van der Waals surface area contributed by atoms with Gasteiger partial charge in [-0.05, 0) is 60.6 Å². The SMILES string of the molecule is Cc1cc(CO)cc(O)c1C(=O)O[C@@H]1C[C@]2(C)C3CC(C)(C)CC3C=C(C=O)[C@]12O. The van der Waals surface area contributed by atoms with Crippen molar-refractivity contribution in [1.29, 1.82) is 0 Å². The summed E-state index contributed by atoms with van der Waals surface area (Å²) in [5.41, 5.74) is -0.663. The fourth-order valence-electron chi connectivity index (χ4n) is 6.36. The fraction of sp³-hybridized carbons (Fsp3) is 0.583. The third-order valence-corrected chi connectivity index (χ3v) is 7.81. The van der Waals surface area contributed by atoms with Crippen LogP contribution in [0.2, 0.25) is 0 Å². The highest BCUT2D eigenvalue weighted by Gasteiger charge is 2.72. The van der Waals surface area contributed by atoms with E-state index >= 15 is 0 Å². The van der Waals surface area contributed by atoms with Gasteiger partial charge in [0, 0.05) is 11.0 Å². The van der Waals surface area contributed by atoms with Gasteiger partial charge in [-0.3, -0.25) is 4.79 Å². The van der Waals surface area contributed by atoms with Gasteiger partial charge in [-0.25, -0.2) is 4.79 Å². The van der Waals surface area contributed by atoms with Gasteiger partial charge >= 0.3 is 5.97 Å². The lowest BCUT2D eigenvalue weighted by Gasteiger charge is -2.64. The maximum absolute atomic E-state index is 12.9. The molecule has 3 N–H and O–H groups in total. The Bertz CT molecular complexity index is 924. The van der Waals surface area contributed by atoms with Crippen LogP contribution in [-0.4, -0.2) is 39.3 Å². The van der Waals surface area contributed by atoms with Gasteiger partial charge in [-0.1, -0.05) is 32.9 Å². The maximum atomic E-state index is 12.9. The number of rotatable bonds is 4. The van der Waals surface area contributed by atoms with Gasteiger partial charge in [0.15, 0.2) is 0 Å². The quantitative estimate of drug-likeness (QED) is 0.517. The Morgan fingerprint density at radius 3 is 2.53 bits per heavy atom. The van der Waals surface area contributed by atoms with Crippen LogP contribution in [0.5, 0.6) is 5.75 Å². The first-order chi connectivity index (χ1) is 14.0. The Morgan fingerprint density at radius 2 is 1.93 bits per heavy atom. The molecule has 1 aromatic rings. The van der Waals surface area contributed by atoms with E-state index in [0.717, 1.165) is 12.8 Å². The number of aldehydes is 1. The number of hydrogen-bond donors (Lipinski definition) is 3. The third kappa shape index (κ3) is 2.77. The Balaban J connectivity index is 1.64. The number of aryl methyl sites for hydroxylation is 1. The van der Waals surface area contributed by atoms with Crippen molar-refractivity contribution in [3.63, 3.8) is 0 Å². The minimum atomic E-state index is -1.53. The second-order valence-corrected chi connectivity index (χ2v) is 10.3. The minimum Gasteiger partial charge on any atom is -0.507 e. The summed E-state index contributed by atoms with van der Waals surface area (Å²) in [6.45, 7) is 7.81. The van der Waals surface area contributed by atoms with Crippen LogP contribution in [0.1, 0.15) is 61.5 Å². The van der Waals surface area contributed by atoms with Crippen LogP contribution >= 0.6 is 0 Å². The van der Waals surface area contributed by atoms with E-state index in [1.165, 1.54) is 6.07 Å². The van der Waals surface area contributed by atoms with E-state index in [9.17, 15) is 24.9 Å². The van der Waals surface area contributed by atoms with E-state index in [0.29, 0.717) is 29.4 Å². The second kappa shape index (κ2) is 6.66. The van der Waals surface area contributed by atoms with Gasteiger partial charge in [0.05, 0.1) is 6.61 Å². The number of aliphatic hydroxyl groups is 2. The molecular weight excluding hydrogens is 384 g/mol. The van der Waals surface area contributed by atoms with Gasteiger partial charge in [-0.15, -0.1) is 0 Å². The Kier molecular flexibility index (Phi) is 4.68. The molecule has 0 bridgehead atoms. The number of hydrogen-bond acceptors (Lipinski definition) is 6. The molecule has 2 fully saturated rings. The first-order valence-corrected chi connectivity index (χ1v) is 10.5. The molecule has 162 valence electrons. The lowest BCUT2D eigenvalue weighted by molar-refractivity contribution is -0.246. The second-order valence-electron chi connectivity index (χ2n) is 10.3. The molecule has 2 saturated carbocycles. The molecular formula is C24H30O6. The third-order valence-electron chi connectivity index (χ3n) is 7.81. The molecule has 6 nitrogen and oxygen atoms in total. The molecule has 3 aliphatic carbocycles. The molecule has 4 rings (SSSR count). The number of allylic oxidation sites excluding steroid dienone is 1. The van der Waals surface area contributed by atoms with Crippen molar-refractivity contribution in [1.82, 2.24) is 0 Å². The molecule has 6 heteroatoms. The number of phenolic OH excluding ortho intramolecular Hbond substituents is 1. The van der Waals surface area contributed by atoms with Crippen LogP contribution in [-0.2, 0) is 16.1 Å². The highest BCUT2D eigenvalue weighted by molar-refractivity contribution is 5.94. The number of carbonyl (C=O) groups is 2. The lowest BCUT2D eigenvalue weighted by Crippen LogP contribution is -2.72. The topological polar surface area (TPSA) is 104 Å². The van der Waals surface area contributed by atoms with Crippen LogP contribution in [0.15, 0.2) is 23.8 Å². The van der Waals surface area contributed by atoms with Crippen LogP contribution in [0.25, 0.3) is 0 Å². The average molecular weight is 414 g/mol. The van der Waals surface area contributed by atoms with E-state index < -0.39 is 23.1 Å². The van der Waals surface area contributed by atoms with Crippen molar-refractivity contribution in [2.45, 2.75) is 65.3 Å². The zero-order valence-corrected chi connectivity index (χ0v) is 17.9. The molecule has 5 atom stereocenters. The molecule has 1 aromatic carbocycles. The molecule has 0 heterocycles. The predicted octanol–water partition coefficient (Wildman–Crippen LogP) is 3.05. The zero-order valence-electron chi connectivity index (χ0n) is 17.9. The average Bonchev–Trinajstić information content (AvgIpc) is 2.98. The number of ether oxygens (including phenoxy) is 1. The van der Waals surface area contributed by atoms with Crippen LogP contribution in [0.3, 0.4) is 0 Å². The summed E-state index contributed by atoms with van der Waals surface area (Å²) in [6.07, 6.45) is 4.10. The largest absolute Gasteiger partial charge is 0.507 e. The summed E-state index contributed by atoms with van der Waals surface area (Å²) in [4.78, 5) is 24.8. The van der Waals surface area contributed by atoms with Crippen molar-refractivity contribution in [2.75, 3.05) is 0 Å². The number of phenols is 1. The molecule has 0 amide bonds. The molecule has 30 heavy (non-hydrogen) atoms. The Morgan fingerprint density at radius 1 is 1.23 bits per heavy atom. The number of carbonyl (C=O) groups excluding carboxylic acids is 2. The smallest absolute Gasteiger partial charge is 0.342 e. The molecule has 0 aliphatic heterocycles. The summed E-state index contributed by atoms with van der Waals surface area (Å²) in [5, 5.41) is 31.2. The van der Waals surface area contributed by atoms with E-state index in [1.54, 1.807) is 13.0 Å². The van der Waals surface area contributed by atoms with Crippen LogP contribution < -0.4 is 0 Å². The molecule has 0 radical (unpaired) electrons. The van der Waals surface area contributed by atoms with Gasteiger partial charge < -0.3 is 20.1 Å². The standard InChI is InChI=1S/C24H30O6/c1-13-5-14(11-25)6-18(27)20(13)21(28)30-19-10-23(4)17-9-22(2,3)8-15(17)7-16(12-26)24(19,23)29/h5-7,12,15,17,19,25,27,29H,8-11H2,1-4H3/t15?,17?,19-,23-,24+/m1/s1. The zero-order chi connectivity index (χ0) is 22.1. The summed E-state index contributed by atoms with van der Waals surface area (Å²) in [6, 6.07) is 2.93. The van der Waals surface area contributed by atoms with Crippen molar-refractivity contribution in [2.24, 2.45) is 22.7 Å². The number of benzene rings is 1. The first kappa shape index (κ1) is 21.1. The Hall–Kier alpha value is -2.18. The highest BCUT2D eigenvalue weighted by Crippen LogP contribution is 2.68. The minimum absolute atomic E-state index is 0.0109. The maximum Gasteiger partial charge on any atom is 0.342 e. The number of esters is 1. The predicted molar refractivity (Wildman–Crippen MR) is 110 cm³/mol. The van der Waals surface area contributed by atoms with Gasteiger partial charge in [0.1, 0.15) is 29.3 Å². The monoisotopic (exact) mass is 414 g/mol. The van der Waals surface area contributed by atoms with Crippen molar-refractivity contribution in [3.05, 3.63) is 40.5 Å². The lowest BCUT2D eigenvalue weighted by atomic mass is 9.44. The van der Waals surface area contributed by atoms with Crippen molar-refractivity contribution >= 4 is 12.3 Å². The van der Waals surface area contributed by atoms with Crippen molar-refractivity contribution in [3.8, 4) is 5.75 Å². The molecule has 0 saturated heterocycles. The van der Waals surface area contributed by atoms with E-state index in [-0.39, 0.29) is 35.2 Å². The summed E-state index contributed by atoms with van der Waals surface area (Å²) in [5.74, 6) is -0.561. The summed E-state index contributed by atoms with van der Waals surface area (Å²) in [7, 11) is 0. The van der Waals surface area contributed by atoms with Crippen LogP contribution in [0, 0.1) is 29.6 Å². The Labute approximate surface area is 176 Å². The van der Waals surface area contributed by atoms with E-state index in [1.807, 2.05) is 13.0 Å². The molecule has 0 aromatic heterocycles. The molecule has 0 spiro atoms. The van der Waals surface area contributed by atoms with Gasteiger partial charge in [-0.2, -0.15) is 0 Å². The number of fused-ring (bicyclic) bond motifs is 3. The first-order valence-electron chi connectivity index (χ1n) is 10.5.